The van der Waals surface area contributed by atoms with Crippen molar-refractivity contribution in [1.29, 1.82) is 0 Å². The second-order valence-electron chi connectivity index (χ2n) is 23.8. The van der Waals surface area contributed by atoms with Gasteiger partial charge in [0.05, 0.1) is 72.7 Å². The third-order valence-electron chi connectivity index (χ3n) is 17.5. The minimum atomic E-state index is -0.182. The highest BCUT2D eigenvalue weighted by Crippen LogP contribution is 2.43. The SMILES string of the molecule is C=C1OC(CC)CN1CCOc1ccccc1OC.C=C1OC(CO)CN1CCOc1ccccc1OC.C=C1OC(COc2cccc3[nH]c4ccccc4c23)CN1CCOc1ccccc1OC.Oc1cccc2c1-c1ccccc1C2.Oc1cccc2c1-c1ccccc1C2. The topological polar surface area (TPSA) is 178 Å². The first-order valence-corrected chi connectivity index (χ1v) is 33.0. The van der Waals surface area contributed by atoms with E-state index in [2.05, 4.69) is 96.0 Å². The van der Waals surface area contributed by atoms with Gasteiger partial charge < -0.3 is 82.4 Å². The number of phenolic OH excluding ortho intramolecular Hbond substituents is 2. The maximum Gasteiger partial charge on any atom is 0.182 e. The minimum absolute atomic E-state index is 0.00286. The molecule has 5 aliphatic rings. The normalized spacial score (nSPS) is 15.8. The quantitative estimate of drug-likeness (QED) is 0.0566. The Kier molecular flexibility index (Phi) is 23.1. The zero-order chi connectivity index (χ0) is 68.3. The first kappa shape index (κ1) is 68.3. The van der Waals surface area contributed by atoms with E-state index in [-0.39, 0.29) is 24.9 Å². The highest BCUT2D eigenvalue weighted by atomic mass is 16.6. The second-order valence-corrected chi connectivity index (χ2v) is 23.8. The van der Waals surface area contributed by atoms with Crippen LogP contribution in [0.3, 0.4) is 0 Å². The molecule has 9 aromatic carbocycles. The number of rotatable bonds is 20. The molecule has 3 saturated heterocycles. The van der Waals surface area contributed by atoms with Crippen molar-refractivity contribution in [2.75, 3.05) is 93.6 Å². The standard InChI is InChI=1S/C26H26N2O4.C15H21NO3.C14H19NO4.2C13H10O/c1-18-28(14-15-30-24-12-6-5-11-23(24)29-2)16-19(32-18)17-31-25-13-7-10-22-26(25)20-8-3-4-9-21(20)27-22;1-4-13-11-16(12(2)19-13)9-10-18-15-8-6-5-7-14(15)17-3;1-11-15(9-12(10-16)19-11)7-8-18-14-6-4-3-5-13(14)17-2;2*14-12-7-3-5-10-8-9-4-1-2-6-11(9)13(10)12/h3-13,19,27H,1,14-17H2,2H3;5-8,13H,2,4,9-11H2,1,3H3;3-6,12,16H,1,7-10H2,2H3;2*1-7,14H,8H2. The van der Waals surface area contributed by atoms with E-state index in [1.165, 1.54) is 33.4 Å². The molecule has 17 heteroatoms. The van der Waals surface area contributed by atoms with Crippen molar-refractivity contribution in [2.45, 2.75) is 44.5 Å². The predicted molar refractivity (Wildman–Crippen MR) is 384 cm³/mol. The number of ether oxygens (including phenoxy) is 10. The highest BCUT2D eigenvalue weighted by molar-refractivity contribution is 6.10. The van der Waals surface area contributed by atoms with Crippen molar-refractivity contribution in [1.82, 2.24) is 19.7 Å². The van der Waals surface area contributed by atoms with Crippen LogP contribution in [0.25, 0.3) is 44.1 Å². The molecular formula is C81H86N4O13. The van der Waals surface area contributed by atoms with Gasteiger partial charge in [0.1, 0.15) is 55.9 Å². The molecule has 0 radical (unpaired) electrons. The molecule has 0 saturated carbocycles. The van der Waals surface area contributed by atoms with Crippen LogP contribution >= 0.6 is 0 Å². The van der Waals surface area contributed by atoms with Crippen LogP contribution in [0.4, 0.5) is 0 Å². The molecule has 10 aromatic rings. The third-order valence-corrected chi connectivity index (χ3v) is 17.5. The first-order chi connectivity index (χ1) is 47.9. The Morgan fingerprint density at radius 2 is 0.796 bits per heavy atom. The van der Waals surface area contributed by atoms with Crippen LogP contribution in [0.5, 0.6) is 51.7 Å². The Labute approximate surface area is 573 Å². The van der Waals surface area contributed by atoms with E-state index in [0.29, 0.717) is 81.6 Å². The van der Waals surface area contributed by atoms with Gasteiger partial charge >= 0.3 is 0 Å². The molecule has 17 nitrogen and oxygen atoms in total. The summed E-state index contributed by atoms with van der Waals surface area (Å²) in [6, 6.07) is 65.1. The second kappa shape index (κ2) is 33.1. The van der Waals surface area contributed by atoms with Gasteiger partial charge in [0.15, 0.2) is 58.3 Å². The summed E-state index contributed by atoms with van der Waals surface area (Å²) in [5.41, 5.74) is 11.6. The van der Waals surface area contributed by atoms with E-state index in [9.17, 15) is 10.2 Å². The molecule has 0 amide bonds. The van der Waals surface area contributed by atoms with E-state index in [1.54, 1.807) is 33.5 Å². The number of methoxy groups -OCH3 is 3. The number of aliphatic hydroxyl groups excluding tert-OH is 1. The molecule has 508 valence electrons. The summed E-state index contributed by atoms with van der Waals surface area (Å²) < 4.78 is 56.2. The van der Waals surface area contributed by atoms with Crippen LogP contribution in [0, 0.1) is 0 Å². The molecule has 15 rings (SSSR count). The number of aromatic nitrogens is 1. The summed E-state index contributed by atoms with van der Waals surface area (Å²) in [6.07, 6.45) is 2.88. The van der Waals surface area contributed by atoms with E-state index in [1.807, 2.05) is 138 Å². The maximum atomic E-state index is 9.78. The minimum Gasteiger partial charge on any atom is -0.507 e. The molecule has 4 heterocycles. The molecule has 1 aromatic heterocycles. The smallest absolute Gasteiger partial charge is 0.182 e. The van der Waals surface area contributed by atoms with Gasteiger partial charge in [-0.2, -0.15) is 0 Å². The summed E-state index contributed by atoms with van der Waals surface area (Å²) in [7, 11) is 4.90. The molecule has 0 bridgehead atoms. The molecule has 3 aliphatic heterocycles. The maximum absolute atomic E-state index is 9.78. The van der Waals surface area contributed by atoms with Gasteiger partial charge in [0.2, 0.25) is 0 Å². The number of aromatic hydroxyl groups is 2. The van der Waals surface area contributed by atoms with Crippen LogP contribution in [0.2, 0.25) is 0 Å². The Morgan fingerprint density at radius 1 is 0.418 bits per heavy atom. The van der Waals surface area contributed by atoms with Crippen LogP contribution in [-0.4, -0.2) is 147 Å². The van der Waals surface area contributed by atoms with Gasteiger partial charge in [0.25, 0.3) is 0 Å². The molecule has 0 spiro atoms. The van der Waals surface area contributed by atoms with Crippen LogP contribution < -0.4 is 33.2 Å². The Balaban J connectivity index is 0.000000129. The third kappa shape index (κ3) is 16.6. The largest absolute Gasteiger partial charge is 0.507 e. The van der Waals surface area contributed by atoms with Crippen molar-refractivity contribution in [3.63, 3.8) is 0 Å². The van der Waals surface area contributed by atoms with Gasteiger partial charge in [-0.25, -0.2) is 0 Å². The number of hydrogen-bond donors (Lipinski definition) is 4. The molecule has 98 heavy (non-hydrogen) atoms. The highest BCUT2D eigenvalue weighted by Gasteiger charge is 2.30. The first-order valence-electron chi connectivity index (χ1n) is 33.0. The van der Waals surface area contributed by atoms with Gasteiger partial charge in [-0.15, -0.1) is 0 Å². The Morgan fingerprint density at radius 3 is 1.26 bits per heavy atom. The van der Waals surface area contributed by atoms with E-state index < -0.39 is 0 Å². The fourth-order valence-corrected chi connectivity index (χ4v) is 12.5. The van der Waals surface area contributed by atoms with Crippen molar-refractivity contribution < 1.29 is 62.7 Å². The summed E-state index contributed by atoms with van der Waals surface area (Å²) in [4.78, 5) is 9.60. The Hall–Kier alpha value is -11.0. The van der Waals surface area contributed by atoms with Crippen LogP contribution in [0.1, 0.15) is 35.6 Å². The summed E-state index contributed by atoms with van der Waals surface area (Å²) in [5.74, 6) is 8.03. The number of H-pyrrole nitrogens is 1. The lowest BCUT2D eigenvalue weighted by Gasteiger charge is -2.17. The lowest BCUT2D eigenvalue weighted by molar-refractivity contribution is 0.0971. The van der Waals surface area contributed by atoms with Gasteiger partial charge in [0, 0.05) is 27.4 Å². The van der Waals surface area contributed by atoms with E-state index in [4.69, 9.17) is 52.5 Å². The average Bonchev–Trinajstić information content (AvgIpc) is 1.64. The molecule has 3 unspecified atom stereocenters. The van der Waals surface area contributed by atoms with Crippen molar-refractivity contribution in [2.24, 2.45) is 0 Å². The van der Waals surface area contributed by atoms with Gasteiger partial charge in [-0.3, -0.25) is 0 Å². The summed E-state index contributed by atoms with van der Waals surface area (Å²) in [6.45, 7) is 20.3. The van der Waals surface area contributed by atoms with E-state index >= 15 is 0 Å². The summed E-state index contributed by atoms with van der Waals surface area (Å²) in [5, 5.41) is 30.8. The predicted octanol–water partition coefficient (Wildman–Crippen LogP) is 14.8. The molecule has 4 N–H and O–H groups in total. The number of aromatic amines is 1. The zero-order valence-electron chi connectivity index (χ0n) is 56.1. The van der Waals surface area contributed by atoms with Crippen molar-refractivity contribution in [3.8, 4) is 74.0 Å². The van der Waals surface area contributed by atoms with Crippen molar-refractivity contribution in [3.05, 3.63) is 260 Å². The number of fused-ring (bicyclic) bond motifs is 9. The fourth-order valence-electron chi connectivity index (χ4n) is 12.5. The van der Waals surface area contributed by atoms with Gasteiger partial charge in [-0.05, 0) is 139 Å². The zero-order valence-corrected chi connectivity index (χ0v) is 56.1. The molecule has 2 aliphatic carbocycles. The molecular weight excluding hydrogens is 1240 g/mol. The molecule has 3 fully saturated rings. The average molecular weight is 1320 g/mol. The monoisotopic (exact) mass is 1320 g/mol. The summed E-state index contributed by atoms with van der Waals surface area (Å²) >= 11 is 0. The fraction of sp³-hybridized carbons (Fsp3) is 0.259. The number of benzene rings is 9. The van der Waals surface area contributed by atoms with Crippen molar-refractivity contribution >= 4 is 21.8 Å². The van der Waals surface area contributed by atoms with E-state index in [0.717, 1.165) is 106 Å². The van der Waals surface area contributed by atoms with Crippen LogP contribution in [0.15, 0.2) is 238 Å². The number of nitrogens with zero attached hydrogens (tertiary/aromatic N) is 3. The number of hydrogen-bond acceptors (Lipinski definition) is 16. The van der Waals surface area contributed by atoms with Gasteiger partial charge in [-0.1, -0.05) is 140 Å². The van der Waals surface area contributed by atoms with Crippen LogP contribution in [-0.2, 0) is 27.1 Å². The number of aliphatic hydroxyl groups is 1. The lowest BCUT2D eigenvalue weighted by atomic mass is 10.1. The number of para-hydroxylation sites is 7. The molecule has 3 atom stereocenters. The lowest BCUT2D eigenvalue weighted by Crippen LogP contribution is -2.28. The number of nitrogens with one attached hydrogen (secondary N) is 1. The number of phenols is 2. The Bertz CT molecular complexity index is 4160.